The molecule has 0 radical (unpaired) electrons. The molecule has 6 nitrogen and oxygen atoms in total. The average molecular weight is 250 g/mol. The Morgan fingerprint density at radius 2 is 1.28 bits per heavy atom. The first-order valence-electron chi connectivity index (χ1n) is 5.55. The zero-order chi connectivity index (χ0) is 13.4. The zero-order valence-electron chi connectivity index (χ0n) is 10.3. The number of esters is 2. The predicted octanol–water partition coefficient (Wildman–Crippen LogP) is 1.73. The lowest BCUT2D eigenvalue weighted by Gasteiger charge is -2.03. The minimum Gasteiger partial charge on any atom is -0.407 e. The SMILES string of the molecule is CCC(=O)OC1=NC=C1.CCC(=O)OC1=NC=C1. The van der Waals surface area contributed by atoms with E-state index in [0.717, 1.165) is 0 Å². The predicted molar refractivity (Wildman–Crippen MR) is 65.9 cm³/mol. The largest absolute Gasteiger partial charge is 0.407 e. The maximum atomic E-state index is 10.5. The lowest BCUT2D eigenvalue weighted by Crippen LogP contribution is -2.11. The molecule has 2 heterocycles. The topological polar surface area (TPSA) is 77.3 Å². The van der Waals surface area contributed by atoms with E-state index in [1.54, 1.807) is 38.4 Å². The summed E-state index contributed by atoms with van der Waals surface area (Å²) in [5.74, 6) is 0.361. The van der Waals surface area contributed by atoms with Crippen molar-refractivity contribution in [3.05, 3.63) is 24.6 Å². The molecule has 0 spiro atoms. The highest BCUT2D eigenvalue weighted by Crippen LogP contribution is 1.99. The molecule has 0 amide bonds. The second-order valence-electron chi connectivity index (χ2n) is 3.22. The fourth-order valence-electron chi connectivity index (χ4n) is 0.769. The van der Waals surface area contributed by atoms with E-state index in [4.69, 9.17) is 0 Å². The van der Waals surface area contributed by atoms with E-state index in [1.807, 2.05) is 0 Å². The van der Waals surface area contributed by atoms with Gasteiger partial charge in [-0.3, -0.25) is 9.59 Å². The van der Waals surface area contributed by atoms with E-state index in [2.05, 4.69) is 19.5 Å². The van der Waals surface area contributed by atoms with E-state index in [0.29, 0.717) is 24.6 Å². The molecule has 0 aromatic carbocycles. The summed E-state index contributed by atoms with van der Waals surface area (Å²) in [6.07, 6.45) is 7.25. The number of hydrogen-bond acceptors (Lipinski definition) is 6. The van der Waals surface area contributed by atoms with E-state index in [-0.39, 0.29) is 11.9 Å². The van der Waals surface area contributed by atoms with Crippen molar-refractivity contribution in [2.24, 2.45) is 9.98 Å². The van der Waals surface area contributed by atoms with E-state index >= 15 is 0 Å². The molecule has 96 valence electrons. The van der Waals surface area contributed by atoms with Crippen molar-refractivity contribution in [1.82, 2.24) is 0 Å². The third-order valence-corrected chi connectivity index (χ3v) is 1.85. The highest BCUT2D eigenvalue weighted by Gasteiger charge is 2.06. The molecule has 0 saturated carbocycles. The third kappa shape index (κ3) is 4.73. The van der Waals surface area contributed by atoms with Gasteiger partial charge in [0, 0.05) is 37.4 Å². The van der Waals surface area contributed by atoms with Crippen LogP contribution in [0.1, 0.15) is 26.7 Å². The first kappa shape index (κ1) is 13.8. The average Bonchev–Trinajstić information content (AvgIpc) is 2.28. The van der Waals surface area contributed by atoms with Gasteiger partial charge in [-0.15, -0.1) is 0 Å². The molecular weight excluding hydrogens is 236 g/mol. The molecule has 0 bridgehead atoms. The summed E-state index contributed by atoms with van der Waals surface area (Å²) in [5, 5.41) is 0. The summed E-state index contributed by atoms with van der Waals surface area (Å²) in [5.41, 5.74) is 0. The standard InChI is InChI=1S/2C6H7NO2/c2*1-2-6(8)9-5-3-4-7-5/h2*3-4H,2H2,1H3. The first-order valence-corrected chi connectivity index (χ1v) is 5.55. The number of aliphatic imine (C=N–C) groups is 2. The normalized spacial score (nSPS) is 14.1. The Kier molecular flexibility index (Phi) is 5.50. The van der Waals surface area contributed by atoms with Gasteiger partial charge in [0.25, 0.3) is 0 Å². The van der Waals surface area contributed by atoms with Crippen molar-refractivity contribution in [2.75, 3.05) is 0 Å². The molecule has 0 aromatic heterocycles. The Bertz CT molecular complexity index is 405. The van der Waals surface area contributed by atoms with Crippen molar-refractivity contribution in [1.29, 1.82) is 0 Å². The van der Waals surface area contributed by atoms with Gasteiger partial charge in [0.1, 0.15) is 0 Å². The van der Waals surface area contributed by atoms with Gasteiger partial charge in [-0.2, -0.15) is 0 Å². The Balaban J connectivity index is 0.000000180. The molecule has 0 aliphatic carbocycles. The number of hydrogen-bond donors (Lipinski definition) is 0. The lowest BCUT2D eigenvalue weighted by atomic mass is 10.5. The van der Waals surface area contributed by atoms with Crippen LogP contribution in [0, 0.1) is 0 Å². The van der Waals surface area contributed by atoms with Crippen LogP contribution in [0.25, 0.3) is 0 Å². The lowest BCUT2D eigenvalue weighted by molar-refractivity contribution is -0.136. The molecule has 2 rings (SSSR count). The van der Waals surface area contributed by atoms with Crippen LogP contribution in [-0.2, 0) is 19.1 Å². The van der Waals surface area contributed by atoms with Crippen LogP contribution in [0.15, 0.2) is 34.5 Å². The van der Waals surface area contributed by atoms with Crippen LogP contribution in [-0.4, -0.2) is 23.7 Å². The fraction of sp³-hybridized carbons (Fsp3) is 0.333. The smallest absolute Gasteiger partial charge is 0.312 e. The van der Waals surface area contributed by atoms with Crippen LogP contribution in [0.3, 0.4) is 0 Å². The van der Waals surface area contributed by atoms with Crippen molar-refractivity contribution in [3.8, 4) is 0 Å². The summed E-state index contributed by atoms with van der Waals surface area (Å²) < 4.78 is 9.32. The molecular formula is C12H14N2O4. The highest BCUT2D eigenvalue weighted by molar-refractivity contribution is 5.99. The summed E-state index contributed by atoms with van der Waals surface area (Å²) >= 11 is 0. The van der Waals surface area contributed by atoms with Gasteiger partial charge in [-0.25, -0.2) is 9.98 Å². The third-order valence-electron chi connectivity index (χ3n) is 1.85. The Hall–Kier alpha value is -2.24. The van der Waals surface area contributed by atoms with Crippen molar-refractivity contribution < 1.29 is 19.1 Å². The van der Waals surface area contributed by atoms with E-state index in [9.17, 15) is 9.59 Å². The molecule has 0 unspecified atom stereocenters. The Morgan fingerprint density at radius 1 is 0.944 bits per heavy atom. The second kappa shape index (κ2) is 7.16. The number of carbonyl (C=O) groups is 2. The van der Waals surface area contributed by atoms with Gasteiger partial charge >= 0.3 is 11.9 Å². The summed E-state index contributed by atoms with van der Waals surface area (Å²) in [6, 6.07) is 0. The summed E-state index contributed by atoms with van der Waals surface area (Å²) in [6.45, 7) is 3.48. The van der Waals surface area contributed by atoms with Gasteiger partial charge in [-0.05, 0) is 0 Å². The van der Waals surface area contributed by atoms with Crippen molar-refractivity contribution in [2.45, 2.75) is 26.7 Å². The Morgan fingerprint density at radius 3 is 1.44 bits per heavy atom. The first-order chi connectivity index (χ1) is 8.65. The van der Waals surface area contributed by atoms with Crippen molar-refractivity contribution >= 4 is 23.7 Å². The monoisotopic (exact) mass is 250 g/mol. The van der Waals surface area contributed by atoms with E-state index < -0.39 is 0 Å². The van der Waals surface area contributed by atoms with Crippen LogP contribution in [0.5, 0.6) is 0 Å². The number of nitrogens with zero attached hydrogens (tertiary/aromatic N) is 2. The van der Waals surface area contributed by atoms with Crippen LogP contribution >= 0.6 is 0 Å². The number of rotatable bonds is 2. The molecule has 0 fully saturated rings. The quantitative estimate of drug-likeness (QED) is 0.699. The highest BCUT2D eigenvalue weighted by atomic mass is 16.5. The van der Waals surface area contributed by atoms with Crippen LogP contribution in [0.2, 0.25) is 0 Å². The maximum Gasteiger partial charge on any atom is 0.312 e. The van der Waals surface area contributed by atoms with Gasteiger partial charge in [0.15, 0.2) is 0 Å². The zero-order valence-corrected chi connectivity index (χ0v) is 10.3. The van der Waals surface area contributed by atoms with E-state index in [1.165, 1.54) is 0 Å². The minimum absolute atomic E-state index is 0.238. The van der Waals surface area contributed by atoms with Crippen LogP contribution in [0.4, 0.5) is 0 Å². The molecule has 2 aliphatic heterocycles. The van der Waals surface area contributed by atoms with Crippen molar-refractivity contribution in [3.63, 3.8) is 0 Å². The van der Waals surface area contributed by atoms with Crippen LogP contribution < -0.4 is 0 Å². The molecule has 6 heteroatoms. The molecule has 2 aliphatic rings. The fourth-order valence-corrected chi connectivity index (χ4v) is 0.769. The number of ether oxygens (including phenoxy) is 2. The molecule has 0 saturated heterocycles. The molecule has 0 N–H and O–H groups in total. The second-order valence-corrected chi connectivity index (χ2v) is 3.22. The molecule has 0 atom stereocenters. The molecule has 0 aromatic rings. The maximum absolute atomic E-state index is 10.5. The summed E-state index contributed by atoms with van der Waals surface area (Å²) in [7, 11) is 0. The van der Waals surface area contributed by atoms with Gasteiger partial charge in [0.2, 0.25) is 11.8 Å². The minimum atomic E-state index is -0.238. The van der Waals surface area contributed by atoms with Gasteiger partial charge in [0.05, 0.1) is 0 Å². The van der Waals surface area contributed by atoms with Gasteiger partial charge < -0.3 is 9.47 Å². The summed E-state index contributed by atoms with van der Waals surface area (Å²) in [4.78, 5) is 28.3. The molecule has 18 heavy (non-hydrogen) atoms. The number of carbonyl (C=O) groups excluding carboxylic acids is 2. The Labute approximate surface area is 105 Å². The van der Waals surface area contributed by atoms with Gasteiger partial charge in [-0.1, -0.05) is 13.8 Å².